The van der Waals surface area contributed by atoms with Crippen LogP contribution in [0.5, 0.6) is 0 Å². The maximum absolute atomic E-state index is 11.9. The van der Waals surface area contributed by atoms with Crippen LogP contribution in [0.4, 0.5) is 5.69 Å². The Kier molecular flexibility index (Phi) is 3.79. The zero-order valence-corrected chi connectivity index (χ0v) is 11.0. The Balaban J connectivity index is 2.09. The van der Waals surface area contributed by atoms with Gasteiger partial charge in [-0.1, -0.05) is 5.16 Å². The molecule has 1 amide bonds. The highest BCUT2D eigenvalue weighted by molar-refractivity contribution is 5.94. The van der Waals surface area contributed by atoms with Gasteiger partial charge in [-0.05, 0) is 26.0 Å². The number of hydrogen-bond acceptors (Lipinski definition) is 5. The van der Waals surface area contributed by atoms with Crippen molar-refractivity contribution in [3.63, 3.8) is 0 Å². The summed E-state index contributed by atoms with van der Waals surface area (Å²) in [5.74, 6) is -0.827. The molecule has 2 aromatic heterocycles. The number of carboxylic acid groups (broad SMARTS) is 1. The van der Waals surface area contributed by atoms with E-state index in [0.717, 1.165) is 5.56 Å². The molecule has 0 radical (unpaired) electrons. The van der Waals surface area contributed by atoms with E-state index < -0.39 is 5.97 Å². The highest BCUT2D eigenvalue weighted by Gasteiger charge is 2.14. The smallest absolute Gasteiger partial charge is 0.354 e. The molecule has 7 nitrogen and oxygen atoms in total. The standard InChI is InChI=1S/C13H13N3O4/c1-7-10(8(2)20-16-7)6-12(17)15-9-3-4-14-11(5-9)13(18)19/h3-5H,6H2,1-2H3,(H,18,19)(H,14,15,17). The van der Waals surface area contributed by atoms with E-state index in [4.69, 9.17) is 9.63 Å². The van der Waals surface area contributed by atoms with Gasteiger partial charge in [0.05, 0.1) is 12.1 Å². The minimum absolute atomic E-state index is 0.117. The Morgan fingerprint density at radius 3 is 2.75 bits per heavy atom. The number of rotatable bonds is 4. The highest BCUT2D eigenvalue weighted by atomic mass is 16.5. The number of aryl methyl sites for hydroxylation is 2. The second-order valence-electron chi connectivity index (χ2n) is 4.26. The van der Waals surface area contributed by atoms with Crippen LogP contribution < -0.4 is 5.32 Å². The van der Waals surface area contributed by atoms with Crippen LogP contribution >= 0.6 is 0 Å². The normalized spacial score (nSPS) is 10.3. The number of carbonyl (C=O) groups excluding carboxylic acids is 1. The summed E-state index contributed by atoms with van der Waals surface area (Å²) in [7, 11) is 0. The van der Waals surface area contributed by atoms with Crippen molar-refractivity contribution in [3.05, 3.63) is 41.0 Å². The molecular formula is C13H13N3O4. The van der Waals surface area contributed by atoms with Crippen LogP contribution in [-0.2, 0) is 11.2 Å². The van der Waals surface area contributed by atoms with E-state index in [1.165, 1.54) is 18.3 Å². The van der Waals surface area contributed by atoms with E-state index in [1.807, 2.05) is 0 Å². The monoisotopic (exact) mass is 275 g/mol. The first-order valence-corrected chi connectivity index (χ1v) is 5.88. The van der Waals surface area contributed by atoms with Crippen molar-refractivity contribution >= 4 is 17.6 Å². The number of nitrogens with zero attached hydrogens (tertiary/aromatic N) is 2. The van der Waals surface area contributed by atoms with Gasteiger partial charge in [0.1, 0.15) is 11.5 Å². The lowest BCUT2D eigenvalue weighted by Gasteiger charge is -2.05. The van der Waals surface area contributed by atoms with Crippen molar-refractivity contribution in [1.29, 1.82) is 0 Å². The zero-order chi connectivity index (χ0) is 14.7. The van der Waals surface area contributed by atoms with Crippen LogP contribution in [0.15, 0.2) is 22.9 Å². The van der Waals surface area contributed by atoms with Crippen molar-refractivity contribution in [2.24, 2.45) is 0 Å². The molecule has 20 heavy (non-hydrogen) atoms. The van der Waals surface area contributed by atoms with E-state index in [9.17, 15) is 9.59 Å². The van der Waals surface area contributed by atoms with Gasteiger partial charge >= 0.3 is 5.97 Å². The molecule has 0 aromatic carbocycles. The molecule has 2 aromatic rings. The van der Waals surface area contributed by atoms with Gasteiger partial charge in [-0.2, -0.15) is 0 Å². The van der Waals surface area contributed by atoms with Crippen LogP contribution in [0.2, 0.25) is 0 Å². The largest absolute Gasteiger partial charge is 0.477 e. The third kappa shape index (κ3) is 3.00. The SMILES string of the molecule is Cc1noc(C)c1CC(=O)Nc1ccnc(C(=O)O)c1. The molecule has 104 valence electrons. The van der Waals surface area contributed by atoms with E-state index in [1.54, 1.807) is 13.8 Å². The Morgan fingerprint density at radius 2 is 2.15 bits per heavy atom. The summed E-state index contributed by atoms with van der Waals surface area (Å²) in [5.41, 5.74) is 1.66. The van der Waals surface area contributed by atoms with Crippen LogP contribution in [0.3, 0.4) is 0 Å². The third-order valence-corrected chi connectivity index (χ3v) is 2.78. The van der Waals surface area contributed by atoms with Gasteiger partial charge in [-0.15, -0.1) is 0 Å². The quantitative estimate of drug-likeness (QED) is 0.877. The summed E-state index contributed by atoms with van der Waals surface area (Å²) >= 11 is 0. The molecule has 0 bridgehead atoms. The summed E-state index contributed by atoms with van der Waals surface area (Å²) in [6, 6.07) is 2.82. The average molecular weight is 275 g/mol. The van der Waals surface area contributed by atoms with Crippen LogP contribution in [0.1, 0.15) is 27.5 Å². The summed E-state index contributed by atoms with van der Waals surface area (Å²) in [4.78, 5) is 26.4. The Labute approximate surface area is 114 Å². The Bertz CT molecular complexity index is 644. The van der Waals surface area contributed by atoms with Crippen molar-refractivity contribution in [1.82, 2.24) is 10.1 Å². The number of nitrogens with one attached hydrogen (secondary N) is 1. The second-order valence-corrected chi connectivity index (χ2v) is 4.26. The molecule has 0 atom stereocenters. The number of pyridine rings is 1. The molecule has 0 aliphatic rings. The van der Waals surface area contributed by atoms with Crippen LogP contribution in [0, 0.1) is 13.8 Å². The number of carbonyl (C=O) groups is 2. The fourth-order valence-corrected chi connectivity index (χ4v) is 1.75. The van der Waals surface area contributed by atoms with Gasteiger partial charge in [0, 0.05) is 17.4 Å². The number of amides is 1. The van der Waals surface area contributed by atoms with Crippen molar-refractivity contribution in [2.75, 3.05) is 5.32 Å². The lowest BCUT2D eigenvalue weighted by atomic mass is 10.1. The third-order valence-electron chi connectivity index (χ3n) is 2.78. The van der Waals surface area contributed by atoms with Gasteiger partial charge in [0.2, 0.25) is 5.91 Å². The first kappa shape index (κ1) is 13.7. The molecule has 0 saturated carbocycles. The maximum Gasteiger partial charge on any atom is 0.354 e. The number of aromatic carboxylic acids is 1. The molecule has 0 aliphatic carbocycles. The van der Waals surface area contributed by atoms with E-state index in [-0.39, 0.29) is 18.0 Å². The molecule has 0 aliphatic heterocycles. The van der Waals surface area contributed by atoms with Crippen molar-refractivity contribution in [3.8, 4) is 0 Å². The molecule has 0 spiro atoms. The molecule has 2 N–H and O–H groups in total. The molecule has 0 unspecified atom stereocenters. The van der Waals surface area contributed by atoms with Gasteiger partial charge < -0.3 is 14.9 Å². The van der Waals surface area contributed by atoms with E-state index >= 15 is 0 Å². The maximum atomic E-state index is 11.9. The molecule has 2 heterocycles. The lowest BCUT2D eigenvalue weighted by Crippen LogP contribution is -2.15. The molecule has 0 saturated heterocycles. The van der Waals surface area contributed by atoms with Gasteiger partial charge in [-0.25, -0.2) is 9.78 Å². The fourth-order valence-electron chi connectivity index (χ4n) is 1.75. The number of carboxylic acids is 1. The molecule has 2 rings (SSSR count). The molecular weight excluding hydrogens is 262 g/mol. The Hall–Kier alpha value is -2.70. The van der Waals surface area contributed by atoms with E-state index in [0.29, 0.717) is 17.1 Å². The highest BCUT2D eigenvalue weighted by Crippen LogP contribution is 2.14. The van der Waals surface area contributed by atoms with Gasteiger partial charge in [0.15, 0.2) is 0 Å². The lowest BCUT2D eigenvalue weighted by molar-refractivity contribution is -0.115. The second kappa shape index (κ2) is 5.52. The summed E-state index contributed by atoms with van der Waals surface area (Å²) in [6.07, 6.45) is 1.45. The Morgan fingerprint density at radius 1 is 1.40 bits per heavy atom. The summed E-state index contributed by atoms with van der Waals surface area (Å²) < 4.78 is 4.98. The number of aromatic nitrogens is 2. The van der Waals surface area contributed by atoms with Crippen LogP contribution in [-0.4, -0.2) is 27.1 Å². The number of hydrogen-bond donors (Lipinski definition) is 2. The minimum atomic E-state index is -1.15. The zero-order valence-electron chi connectivity index (χ0n) is 11.0. The fraction of sp³-hybridized carbons (Fsp3) is 0.231. The predicted molar refractivity (Wildman–Crippen MR) is 69.5 cm³/mol. The van der Waals surface area contributed by atoms with Gasteiger partial charge in [0.25, 0.3) is 0 Å². The molecule has 0 fully saturated rings. The van der Waals surface area contributed by atoms with Crippen LogP contribution in [0.25, 0.3) is 0 Å². The first-order valence-electron chi connectivity index (χ1n) is 5.88. The van der Waals surface area contributed by atoms with Crippen molar-refractivity contribution < 1.29 is 19.2 Å². The molecule has 7 heteroatoms. The topological polar surface area (TPSA) is 105 Å². The van der Waals surface area contributed by atoms with Crippen molar-refractivity contribution in [2.45, 2.75) is 20.3 Å². The summed E-state index contributed by atoms with van der Waals surface area (Å²) in [5, 5.41) is 15.2. The number of anilines is 1. The van der Waals surface area contributed by atoms with E-state index in [2.05, 4.69) is 15.5 Å². The first-order chi connectivity index (χ1) is 9.47. The summed E-state index contributed by atoms with van der Waals surface area (Å²) in [6.45, 7) is 3.49. The minimum Gasteiger partial charge on any atom is -0.477 e. The van der Waals surface area contributed by atoms with Gasteiger partial charge in [-0.3, -0.25) is 4.79 Å². The predicted octanol–water partition coefficient (Wildman–Crippen LogP) is 1.57. The average Bonchev–Trinajstić information content (AvgIpc) is 2.71.